The van der Waals surface area contributed by atoms with Crippen molar-refractivity contribution in [1.29, 1.82) is 0 Å². The van der Waals surface area contributed by atoms with Crippen LogP contribution in [0.4, 0.5) is 15.2 Å². The SMILES string of the molecule is CN(C)CCN(C(=O)c1cccc([N+](=O)[O-])c1)c1nc2c(F)cccc2s1. The van der Waals surface area contributed by atoms with Crippen molar-refractivity contribution in [2.45, 2.75) is 0 Å². The summed E-state index contributed by atoms with van der Waals surface area (Å²) in [7, 11) is 3.74. The fraction of sp³-hybridized carbons (Fsp3) is 0.222. The van der Waals surface area contributed by atoms with Crippen LogP contribution in [0.2, 0.25) is 0 Å². The molecule has 9 heteroatoms. The average molecular weight is 388 g/mol. The Morgan fingerprint density at radius 3 is 2.63 bits per heavy atom. The summed E-state index contributed by atoms with van der Waals surface area (Å²) >= 11 is 1.21. The number of hydrogen-bond donors (Lipinski definition) is 0. The van der Waals surface area contributed by atoms with Crippen LogP contribution in [0.15, 0.2) is 42.5 Å². The lowest BCUT2D eigenvalue weighted by molar-refractivity contribution is -0.384. The first kappa shape index (κ1) is 18.9. The van der Waals surface area contributed by atoms with Gasteiger partial charge in [-0.2, -0.15) is 0 Å². The van der Waals surface area contributed by atoms with Crippen molar-refractivity contribution in [3.63, 3.8) is 0 Å². The fourth-order valence-electron chi connectivity index (χ4n) is 2.51. The van der Waals surface area contributed by atoms with E-state index in [4.69, 9.17) is 0 Å². The summed E-state index contributed by atoms with van der Waals surface area (Å²) in [5.41, 5.74) is 0.227. The highest BCUT2D eigenvalue weighted by molar-refractivity contribution is 7.22. The van der Waals surface area contributed by atoms with E-state index >= 15 is 0 Å². The topological polar surface area (TPSA) is 79.6 Å². The van der Waals surface area contributed by atoms with Crippen LogP contribution in [0.5, 0.6) is 0 Å². The highest BCUT2D eigenvalue weighted by Gasteiger charge is 2.23. The highest BCUT2D eigenvalue weighted by atomic mass is 32.1. The molecular formula is C18H17FN4O3S. The summed E-state index contributed by atoms with van der Waals surface area (Å²) in [6, 6.07) is 10.2. The molecule has 0 aliphatic carbocycles. The summed E-state index contributed by atoms with van der Waals surface area (Å²) in [5, 5.41) is 11.4. The third kappa shape index (κ3) is 4.09. The van der Waals surface area contributed by atoms with Crippen LogP contribution in [-0.2, 0) is 0 Å². The minimum absolute atomic E-state index is 0.163. The third-order valence-corrected chi connectivity index (χ3v) is 4.95. The lowest BCUT2D eigenvalue weighted by atomic mass is 10.2. The molecule has 0 atom stereocenters. The molecule has 0 saturated heterocycles. The lowest BCUT2D eigenvalue weighted by Gasteiger charge is -2.22. The van der Waals surface area contributed by atoms with Gasteiger partial charge in [0.25, 0.3) is 11.6 Å². The van der Waals surface area contributed by atoms with Crippen molar-refractivity contribution in [3.8, 4) is 0 Å². The summed E-state index contributed by atoms with van der Waals surface area (Å²) in [4.78, 5) is 31.1. The number of anilines is 1. The van der Waals surface area contributed by atoms with E-state index in [1.807, 2.05) is 19.0 Å². The second kappa shape index (κ2) is 7.77. The number of aromatic nitrogens is 1. The molecule has 3 aromatic rings. The van der Waals surface area contributed by atoms with Gasteiger partial charge in [-0.25, -0.2) is 9.37 Å². The second-order valence-corrected chi connectivity index (χ2v) is 7.16. The average Bonchev–Trinajstić information content (AvgIpc) is 3.07. The van der Waals surface area contributed by atoms with Gasteiger partial charge in [-0.05, 0) is 32.3 Å². The molecule has 0 bridgehead atoms. The number of non-ortho nitro benzene ring substituents is 1. The van der Waals surface area contributed by atoms with Gasteiger partial charge in [0.1, 0.15) is 11.3 Å². The molecule has 0 saturated carbocycles. The van der Waals surface area contributed by atoms with Gasteiger partial charge in [0, 0.05) is 30.8 Å². The van der Waals surface area contributed by atoms with Gasteiger partial charge in [-0.15, -0.1) is 0 Å². The number of thiazole rings is 1. The van der Waals surface area contributed by atoms with Gasteiger partial charge in [0.2, 0.25) is 0 Å². The molecule has 0 fully saturated rings. The number of hydrogen-bond acceptors (Lipinski definition) is 6. The van der Waals surface area contributed by atoms with Crippen LogP contribution in [0.1, 0.15) is 10.4 Å². The van der Waals surface area contributed by atoms with E-state index in [9.17, 15) is 19.3 Å². The van der Waals surface area contributed by atoms with Crippen LogP contribution < -0.4 is 4.90 Å². The van der Waals surface area contributed by atoms with E-state index < -0.39 is 16.6 Å². The van der Waals surface area contributed by atoms with Crippen LogP contribution in [0, 0.1) is 15.9 Å². The van der Waals surface area contributed by atoms with E-state index in [-0.39, 0.29) is 16.8 Å². The summed E-state index contributed by atoms with van der Waals surface area (Å²) in [6.45, 7) is 0.870. The van der Waals surface area contributed by atoms with Gasteiger partial charge >= 0.3 is 0 Å². The molecule has 0 aliphatic rings. The van der Waals surface area contributed by atoms with Crippen LogP contribution in [-0.4, -0.2) is 47.9 Å². The predicted octanol–water partition coefficient (Wildman–Crippen LogP) is 3.55. The van der Waals surface area contributed by atoms with Gasteiger partial charge in [-0.3, -0.25) is 19.8 Å². The first-order chi connectivity index (χ1) is 12.9. The second-order valence-electron chi connectivity index (χ2n) is 6.15. The minimum atomic E-state index is -0.548. The number of para-hydroxylation sites is 1. The number of nitro groups is 1. The zero-order valence-corrected chi connectivity index (χ0v) is 15.6. The largest absolute Gasteiger partial charge is 0.308 e. The van der Waals surface area contributed by atoms with E-state index in [1.165, 1.54) is 46.6 Å². The number of fused-ring (bicyclic) bond motifs is 1. The predicted molar refractivity (Wildman–Crippen MR) is 103 cm³/mol. The standard InChI is InChI=1S/C18H17FN4O3S/c1-21(2)9-10-22(17(24)12-5-3-6-13(11-12)23(25)26)18-20-16-14(19)7-4-8-15(16)27-18/h3-8,11H,9-10H2,1-2H3. The number of carbonyl (C=O) groups is 1. The zero-order valence-electron chi connectivity index (χ0n) is 14.8. The summed E-state index contributed by atoms with van der Waals surface area (Å²) < 4.78 is 14.6. The molecule has 3 rings (SSSR count). The van der Waals surface area contributed by atoms with Crippen LogP contribution in [0.25, 0.3) is 10.2 Å². The fourth-order valence-corrected chi connectivity index (χ4v) is 3.52. The first-order valence-electron chi connectivity index (χ1n) is 8.13. The van der Waals surface area contributed by atoms with E-state index in [0.29, 0.717) is 22.9 Å². The molecule has 0 spiro atoms. The van der Waals surface area contributed by atoms with Crippen molar-refractivity contribution >= 4 is 38.3 Å². The quantitative estimate of drug-likeness (QED) is 0.477. The van der Waals surface area contributed by atoms with Crippen LogP contribution >= 0.6 is 11.3 Å². The molecule has 27 heavy (non-hydrogen) atoms. The Kier molecular flexibility index (Phi) is 5.43. The molecule has 1 amide bonds. The van der Waals surface area contributed by atoms with Crippen LogP contribution in [0.3, 0.4) is 0 Å². The normalized spacial score (nSPS) is 11.1. The molecule has 0 radical (unpaired) electrons. The molecule has 1 aromatic heterocycles. The Labute approximate surface area is 158 Å². The molecule has 0 unspecified atom stereocenters. The Morgan fingerprint density at radius 2 is 1.96 bits per heavy atom. The monoisotopic (exact) mass is 388 g/mol. The smallest absolute Gasteiger partial charge is 0.270 e. The van der Waals surface area contributed by atoms with Gasteiger partial charge in [-0.1, -0.05) is 23.5 Å². The van der Waals surface area contributed by atoms with E-state index in [1.54, 1.807) is 12.1 Å². The van der Waals surface area contributed by atoms with Crippen molar-refractivity contribution in [2.75, 3.05) is 32.1 Å². The maximum Gasteiger partial charge on any atom is 0.270 e. The van der Waals surface area contributed by atoms with E-state index in [0.717, 1.165) is 0 Å². The summed E-state index contributed by atoms with van der Waals surface area (Å²) in [5.74, 6) is -0.870. The molecular weight excluding hydrogens is 371 g/mol. The number of amides is 1. The van der Waals surface area contributed by atoms with Gasteiger partial charge in [0.05, 0.1) is 9.62 Å². The number of benzene rings is 2. The minimum Gasteiger partial charge on any atom is -0.308 e. The number of nitro benzene ring substituents is 1. The maximum atomic E-state index is 14.0. The number of halogens is 1. The number of likely N-dealkylation sites (N-methyl/N-ethyl adjacent to an activating group) is 1. The van der Waals surface area contributed by atoms with E-state index in [2.05, 4.69) is 4.98 Å². The maximum absolute atomic E-state index is 14.0. The van der Waals surface area contributed by atoms with Crippen molar-refractivity contribution in [3.05, 3.63) is 64.0 Å². The lowest BCUT2D eigenvalue weighted by Crippen LogP contribution is -2.36. The zero-order chi connectivity index (χ0) is 19.6. The molecule has 2 aromatic carbocycles. The number of carbonyl (C=O) groups excluding carboxylic acids is 1. The van der Waals surface area contributed by atoms with Gasteiger partial charge < -0.3 is 4.90 Å². The Morgan fingerprint density at radius 1 is 1.22 bits per heavy atom. The summed E-state index contributed by atoms with van der Waals surface area (Å²) in [6.07, 6.45) is 0. The van der Waals surface area contributed by atoms with Gasteiger partial charge in [0.15, 0.2) is 5.13 Å². The highest BCUT2D eigenvalue weighted by Crippen LogP contribution is 2.31. The van der Waals surface area contributed by atoms with Crippen molar-refractivity contribution in [2.24, 2.45) is 0 Å². The number of nitrogens with zero attached hydrogens (tertiary/aromatic N) is 4. The van der Waals surface area contributed by atoms with Crippen molar-refractivity contribution < 1.29 is 14.1 Å². The molecule has 0 N–H and O–H groups in total. The molecule has 140 valence electrons. The molecule has 0 aliphatic heterocycles. The molecule has 1 heterocycles. The van der Waals surface area contributed by atoms with Crippen molar-refractivity contribution in [1.82, 2.24) is 9.88 Å². The third-order valence-electron chi connectivity index (χ3n) is 3.91. The molecule has 7 nitrogen and oxygen atoms in total. The Hall–Kier alpha value is -2.91. The Bertz CT molecular complexity index is 1010. The number of rotatable bonds is 6. The first-order valence-corrected chi connectivity index (χ1v) is 8.94. The Balaban J connectivity index is 2.01.